The number of nitrogens with one attached hydrogen (secondary N) is 2. The van der Waals surface area contributed by atoms with Gasteiger partial charge in [0.1, 0.15) is 5.82 Å². The van der Waals surface area contributed by atoms with Crippen LogP contribution in [0, 0.1) is 19.7 Å². The minimum absolute atomic E-state index is 0.203. The van der Waals surface area contributed by atoms with E-state index in [0.29, 0.717) is 5.56 Å². The normalized spacial score (nSPS) is 12.9. The number of rotatable bonds is 4. The highest BCUT2D eigenvalue weighted by Gasteiger charge is 2.18. The average Bonchev–Trinajstić information content (AvgIpc) is 3.01. The van der Waals surface area contributed by atoms with Crippen LogP contribution >= 0.6 is 0 Å². The van der Waals surface area contributed by atoms with Crippen molar-refractivity contribution >= 4 is 11.6 Å². The topological polar surface area (TPSA) is 46.1 Å². The SMILES string of the molecule is Cc1cc(C(=O)NNC2=CCCc3ccccc32)c(C)n1-c1ccc(F)cc1. The summed E-state index contributed by atoms with van der Waals surface area (Å²) < 4.78 is 15.2. The van der Waals surface area contributed by atoms with Crippen molar-refractivity contribution in [2.75, 3.05) is 0 Å². The van der Waals surface area contributed by atoms with Crippen molar-refractivity contribution < 1.29 is 9.18 Å². The molecule has 0 aliphatic heterocycles. The fourth-order valence-electron chi connectivity index (χ4n) is 3.77. The zero-order chi connectivity index (χ0) is 19.7. The van der Waals surface area contributed by atoms with Crippen LogP contribution in [-0.4, -0.2) is 10.5 Å². The third-order valence-corrected chi connectivity index (χ3v) is 5.14. The lowest BCUT2D eigenvalue weighted by Crippen LogP contribution is -2.37. The zero-order valence-corrected chi connectivity index (χ0v) is 15.9. The Kier molecular flexibility index (Phi) is 4.74. The molecular formula is C23H22FN3O. The van der Waals surface area contributed by atoms with E-state index in [1.807, 2.05) is 36.6 Å². The number of fused-ring (bicyclic) bond motifs is 1. The van der Waals surface area contributed by atoms with Crippen molar-refractivity contribution in [2.45, 2.75) is 26.7 Å². The summed E-state index contributed by atoms with van der Waals surface area (Å²) in [5.41, 5.74) is 12.3. The van der Waals surface area contributed by atoms with Crippen LogP contribution in [0.4, 0.5) is 4.39 Å². The molecule has 3 aromatic rings. The molecule has 1 aliphatic carbocycles. The molecular weight excluding hydrogens is 353 g/mol. The molecule has 0 saturated carbocycles. The van der Waals surface area contributed by atoms with Gasteiger partial charge in [0.25, 0.3) is 5.91 Å². The van der Waals surface area contributed by atoms with E-state index in [1.54, 1.807) is 12.1 Å². The number of allylic oxidation sites excluding steroid dienone is 1. The van der Waals surface area contributed by atoms with Crippen LogP contribution in [0.15, 0.2) is 60.7 Å². The van der Waals surface area contributed by atoms with Crippen molar-refractivity contribution in [3.8, 4) is 5.69 Å². The minimum Gasteiger partial charge on any atom is -0.318 e. The van der Waals surface area contributed by atoms with Gasteiger partial charge in [0.2, 0.25) is 0 Å². The Morgan fingerprint density at radius 3 is 2.61 bits per heavy atom. The molecule has 1 aromatic heterocycles. The number of carbonyl (C=O) groups is 1. The Bertz CT molecular complexity index is 1060. The fraction of sp³-hybridized carbons (Fsp3) is 0.174. The molecule has 0 atom stereocenters. The first kappa shape index (κ1) is 18.0. The lowest BCUT2D eigenvalue weighted by atomic mass is 9.95. The van der Waals surface area contributed by atoms with E-state index in [2.05, 4.69) is 29.1 Å². The summed E-state index contributed by atoms with van der Waals surface area (Å²) in [6, 6.07) is 16.3. The molecule has 0 bridgehead atoms. The van der Waals surface area contributed by atoms with E-state index in [1.165, 1.54) is 17.7 Å². The second kappa shape index (κ2) is 7.35. The molecule has 5 heteroatoms. The second-order valence-corrected chi connectivity index (χ2v) is 6.99. The van der Waals surface area contributed by atoms with Gasteiger partial charge in [-0.25, -0.2) is 4.39 Å². The maximum Gasteiger partial charge on any atom is 0.271 e. The monoisotopic (exact) mass is 375 g/mol. The molecule has 0 unspecified atom stereocenters. The van der Waals surface area contributed by atoms with E-state index in [4.69, 9.17) is 0 Å². The highest BCUT2D eigenvalue weighted by molar-refractivity contribution is 5.96. The van der Waals surface area contributed by atoms with Crippen molar-refractivity contribution in [3.05, 3.63) is 94.6 Å². The maximum absolute atomic E-state index is 13.2. The summed E-state index contributed by atoms with van der Waals surface area (Å²) >= 11 is 0. The lowest BCUT2D eigenvalue weighted by molar-refractivity contribution is 0.0942. The highest BCUT2D eigenvalue weighted by Crippen LogP contribution is 2.24. The van der Waals surface area contributed by atoms with E-state index < -0.39 is 0 Å². The Labute approximate surface area is 163 Å². The number of aromatic nitrogens is 1. The van der Waals surface area contributed by atoms with Gasteiger partial charge in [0, 0.05) is 22.6 Å². The van der Waals surface area contributed by atoms with Crippen LogP contribution in [-0.2, 0) is 6.42 Å². The van der Waals surface area contributed by atoms with Gasteiger partial charge in [0.05, 0.1) is 11.3 Å². The van der Waals surface area contributed by atoms with Crippen LogP contribution < -0.4 is 10.9 Å². The van der Waals surface area contributed by atoms with Crippen LogP contribution in [0.2, 0.25) is 0 Å². The van der Waals surface area contributed by atoms with Crippen molar-refractivity contribution in [3.63, 3.8) is 0 Å². The summed E-state index contributed by atoms with van der Waals surface area (Å²) in [7, 11) is 0. The van der Waals surface area contributed by atoms with Crippen LogP contribution in [0.25, 0.3) is 11.4 Å². The Morgan fingerprint density at radius 1 is 1.07 bits per heavy atom. The second-order valence-electron chi connectivity index (χ2n) is 6.99. The van der Waals surface area contributed by atoms with E-state index in [-0.39, 0.29) is 11.7 Å². The third-order valence-electron chi connectivity index (χ3n) is 5.14. The molecule has 0 saturated heterocycles. The fourth-order valence-corrected chi connectivity index (χ4v) is 3.77. The van der Waals surface area contributed by atoms with E-state index >= 15 is 0 Å². The van der Waals surface area contributed by atoms with Crippen LogP contribution in [0.3, 0.4) is 0 Å². The number of hydrazine groups is 1. The summed E-state index contributed by atoms with van der Waals surface area (Å²) in [5, 5.41) is 0. The summed E-state index contributed by atoms with van der Waals surface area (Å²) in [5.74, 6) is -0.486. The molecule has 1 aliphatic rings. The molecule has 1 heterocycles. The first-order chi connectivity index (χ1) is 13.5. The highest BCUT2D eigenvalue weighted by atomic mass is 19.1. The van der Waals surface area contributed by atoms with Gasteiger partial charge in [-0.1, -0.05) is 30.3 Å². The zero-order valence-electron chi connectivity index (χ0n) is 15.9. The van der Waals surface area contributed by atoms with Gasteiger partial charge in [-0.2, -0.15) is 0 Å². The Morgan fingerprint density at radius 2 is 1.82 bits per heavy atom. The van der Waals surface area contributed by atoms with Crippen LogP contribution in [0.5, 0.6) is 0 Å². The molecule has 2 aromatic carbocycles. The first-order valence-corrected chi connectivity index (χ1v) is 9.34. The van der Waals surface area contributed by atoms with E-state index in [9.17, 15) is 9.18 Å². The summed E-state index contributed by atoms with van der Waals surface area (Å²) in [6.45, 7) is 3.82. The molecule has 142 valence electrons. The number of nitrogens with zero attached hydrogens (tertiary/aromatic N) is 1. The minimum atomic E-state index is -0.283. The third kappa shape index (κ3) is 3.31. The van der Waals surface area contributed by atoms with Gasteiger partial charge < -0.3 is 4.57 Å². The maximum atomic E-state index is 13.2. The largest absolute Gasteiger partial charge is 0.318 e. The quantitative estimate of drug-likeness (QED) is 0.662. The molecule has 0 spiro atoms. The van der Waals surface area contributed by atoms with Crippen molar-refractivity contribution in [1.29, 1.82) is 0 Å². The smallest absolute Gasteiger partial charge is 0.271 e. The molecule has 0 radical (unpaired) electrons. The summed E-state index contributed by atoms with van der Waals surface area (Å²) in [4.78, 5) is 12.8. The van der Waals surface area contributed by atoms with Gasteiger partial charge in [0.15, 0.2) is 0 Å². The van der Waals surface area contributed by atoms with Crippen LogP contribution in [0.1, 0.15) is 39.3 Å². The number of benzene rings is 2. The first-order valence-electron chi connectivity index (χ1n) is 9.34. The van der Waals surface area contributed by atoms with E-state index in [0.717, 1.165) is 41.2 Å². The Balaban J connectivity index is 1.54. The number of amides is 1. The van der Waals surface area contributed by atoms with Gasteiger partial charge in [-0.3, -0.25) is 15.6 Å². The molecule has 4 rings (SSSR count). The number of carbonyl (C=O) groups excluding carboxylic acids is 1. The summed E-state index contributed by atoms with van der Waals surface area (Å²) in [6.07, 6.45) is 4.05. The van der Waals surface area contributed by atoms with Crippen molar-refractivity contribution in [2.24, 2.45) is 0 Å². The Hall–Kier alpha value is -3.34. The molecule has 1 amide bonds. The average molecular weight is 375 g/mol. The van der Waals surface area contributed by atoms with Gasteiger partial charge >= 0.3 is 0 Å². The van der Waals surface area contributed by atoms with Gasteiger partial charge in [-0.15, -0.1) is 0 Å². The number of hydrogen-bond acceptors (Lipinski definition) is 2. The molecule has 2 N–H and O–H groups in total. The molecule has 0 fully saturated rings. The predicted octanol–water partition coefficient (Wildman–Crippen LogP) is 4.45. The standard InChI is InChI=1S/C23H22FN3O/c1-15-14-21(16(2)27(15)19-12-10-18(24)11-13-19)23(28)26-25-22-9-5-7-17-6-3-4-8-20(17)22/h3-4,6,8-14,25H,5,7H2,1-2H3,(H,26,28). The van der Waals surface area contributed by atoms with Gasteiger partial charge in [-0.05, 0) is 62.6 Å². The lowest BCUT2D eigenvalue weighted by Gasteiger charge is -2.19. The number of aryl methyl sites for hydroxylation is 2. The number of halogens is 1. The predicted molar refractivity (Wildman–Crippen MR) is 109 cm³/mol. The molecule has 28 heavy (non-hydrogen) atoms. The van der Waals surface area contributed by atoms with Crippen molar-refractivity contribution in [1.82, 2.24) is 15.4 Å². The molecule has 4 nitrogen and oxygen atoms in total. The number of hydrogen-bond donors (Lipinski definition) is 2.